The minimum Gasteiger partial charge on any atom is -0.323 e. The molecule has 1 amide bonds. The molecule has 0 aliphatic carbocycles. The molecule has 1 heterocycles. The molecule has 0 atom stereocenters. The Balaban J connectivity index is 2.29. The molecule has 0 spiro atoms. The van der Waals surface area contributed by atoms with E-state index in [1.165, 1.54) is 12.4 Å². The fourth-order valence-electron chi connectivity index (χ4n) is 1.79. The fourth-order valence-corrected chi connectivity index (χ4v) is 2.29. The Hall–Kier alpha value is -1.29. The molecule has 6 heteroatoms. The van der Waals surface area contributed by atoms with Gasteiger partial charge >= 0.3 is 0 Å². The monoisotopic (exact) mass is 342 g/mol. The number of aromatic nitrogens is 1. The number of hydrogen-bond donors (Lipinski definition) is 1. The summed E-state index contributed by atoms with van der Waals surface area (Å²) < 4.78 is 0. The van der Waals surface area contributed by atoms with Gasteiger partial charge in [-0.1, -0.05) is 46.9 Å². The van der Waals surface area contributed by atoms with Crippen LogP contribution in [0, 0.1) is 0 Å². The van der Waals surface area contributed by atoms with Gasteiger partial charge < -0.3 is 5.32 Å². The quantitative estimate of drug-likeness (QED) is 0.856. The first-order valence-electron chi connectivity index (χ1n) is 6.19. The molecule has 2 aromatic rings. The highest BCUT2D eigenvalue weighted by Gasteiger charge is 2.30. The molecule has 3 nitrogen and oxygen atoms in total. The summed E-state index contributed by atoms with van der Waals surface area (Å²) in [5.41, 5.74) is 0.402. The molecular weight excluding hydrogens is 331 g/mol. The van der Waals surface area contributed by atoms with Gasteiger partial charge in [0.15, 0.2) is 0 Å². The minimum atomic E-state index is -0.781. The Morgan fingerprint density at radius 1 is 1.19 bits per heavy atom. The van der Waals surface area contributed by atoms with E-state index >= 15 is 0 Å². The number of rotatable bonds is 3. The summed E-state index contributed by atoms with van der Waals surface area (Å²) in [6.45, 7) is 3.61. The van der Waals surface area contributed by atoms with Gasteiger partial charge in [-0.05, 0) is 31.5 Å². The van der Waals surface area contributed by atoms with E-state index in [1.54, 1.807) is 32.0 Å². The third-order valence-electron chi connectivity index (χ3n) is 3.20. The van der Waals surface area contributed by atoms with Crippen molar-refractivity contribution in [2.45, 2.75) is 19.3 Å². The molecule has 0 bridgehead atoms. The summed E-state index contributed by atoms with van der Waals surface area (Å²) in [5.74, 6) is -0.226. The average molecular weight is 344 g/mol. The number of pyridine rings is 1. The van der Waals surface area contributed by atoms with Gasteiger partial charge in [0, 0.05) is 11.2 Å². The standard InChI is InChI=1S/C15H13Cl3N2O/c1-15(2,9-4-3-5-10(16)6-9)14(21)20-12-8-19-7-11(17)13(12)18/h3-8H,1-2H3,(H,20,21). The highest BCUT2D eigenvalue weighted by molar-refractivity contribution is 6.43. The Morgan fingerprint density at radius 2 is 1.90 bits per heavy atom. The lowest BCUT2D eigenvalue weighted by molar-refractivity contribution is -0.120. The van der Waals surface area contributed by atoms with Gasteiger partial charge in [-0.3, -0.25) is 9.78 Å². The highest BCUT2D eigenvalue weighted by atomic mass is 35.5. The van der Waals surface area contributed by atoms with Crippen molar-refractivity contribution in [3.63, 3.8) is 0 Å². The van der Waals surface area contributed by atoms with Crippen LogP contribution in [-0.4, -0.2) is 10.9 Å². The maximum atomic E-state index is 12.5. The number of hydrogen-bond acceptors (Lipinski definition) is 2. The van der Waals surface area contributed by atoms with Crippen molar-refractivity contribution in [1.82, 2.24) is 4.98 Å². The molecule has 1 aromatic heterocycles. The number of carbonyl (C=O) groups excluding carboxylic acids is 1. The topological polar surface area (TPSA) is 42.0 Å². The van der Waals surface area contributed by atoms with Crippen molar-refractivity contribution in [2.75, 3.05) is 5.32 Å². The number of nitrogens with zero attached hydrogens (tertiary/aromatic N) is 1. The maximum absolute atomic E-state index is 12.5. The number of amides is 1. The number of benzene rings is 1. The first-order valence-corrected chi connectivity index (χ1v) is 7.32. The molecule has 0 fully saturated rings. The van der Waals surface area contributed by atoms with Crippen molar-refractivity contribution in [1.29, 1.82) is 0 Å². The highest BCUT2D eigenvalue weighted by Crippen LogP contribution is 2.31. The second-order valence-corrected chi connectivity index (χ2v) is 6.29. The number of carbonyl (C=O) groups is 1. The van der Waals surface area contributed by atoms with E-state index in [1.807, 2.05) is 6.07 Å². The molecule has 1 aromatic carbocycles. The normalized spacial score (nSPS) is 11.3. The predicted octanol–water partition coefficient (Wildman–Crippen LogP) is 4.96. The first-order chi connectivity index (χ1) is 9.82. The first kappa shape index (κ1) is 16.1. The Kier molecular flexibility index (Phi) is 4.77. The van der Waals surface area contributed by atoms with Crippen LogP contribution in [0.25, 0.3) is 0 Å². The van der Waals surface area contributed by atoms with Gasteiger partial charge in [0.1, 0.15) is 0 Å². The number of nitrogens with one attached hydrogen (secondary N) is 1. The van der Waals surface area contributed by atoms with Gasteiger partial charge in [-0.2, -0.15) is 0 Å². The SMILES string of the molecule is CC(C)(C(=O)Nc1cncc(Cl)c1Cl)c1cccc(Cl)c1. The molecule has 0 aliphatic heterocycles. The van der Waals surface area contributed by atoms with Gasteiger partial charge in [0.2, 0.25) is 5.91 Å². The second kappa shape index (κ2) is 6.22. The maximum Gasteiger partial charge on any atom is 0.234 e. The van der Waals surface area contributed by atoms with E-state index in [-0.39, 0.29) is 16.0 Å². The lowest BCUT2D eigenvalue weighted by Crippen LogP contribution is -2.34. The van der Waals surface area contributed by atoms with Crippen LogP contribution < -0.4 is 5.32 Å². The van der Waals surface area contributed by atoms with Crippen LogP contribution in [0.2, 0.25) is 15.1 Å². The fraction of sp³-hybridized carbons (Fsp3) is 0.200. The third-order valence-corrected chi connectivity index (χ3v) is 4.23. The van der Waals surface area contributed by atoms with Crippen LogP contribution in [0.1, 0.15) is 19.4 Å². The Labute approximate surface area is 138 Å². The van der Waals surface area contributed by atoms with Crippen molar-refractivity contribution < 1.29 is 4.79 Å². The summed E-state index contributed by atoms with van der Waals surface area (Å²) in [5, 5.41) is 3.88. The molecule has 0 aliphatic rings. The van der Waals surface area contributed by atoms with Crippen molar-refractivity contribution in [3.05, 3.63) is 57.3 Å². The van der Waals surface area contributed by atoms with Gasteiger partial charge in [0.05, 0.1) is 27.3 Å². The van der Waals surface area contributed by atoms with Crippen LogP contribution >= 0.6 is 34.8 Å². The number of halogens is 3. The van der Waals surface area contributed by atoms with Crippen molar-refractivity contribution in [3.8, 4) is 0 Å². The summed E-state index contributed by atoms with van der Waals surface area (Å²) in [7, 11) is 0. The predicted molar refractivity (Wildman–Crippen MR) is 87.4 cm³/mol. The van der Waals surface area contributed by atoms with Gasteiger partial charge in [-0.25, -0.2) is 0 Å². The van der Waals surface area contributed by atoms with E-state index in [4.69, 9.17) is 34.8 Å². The molecule has 0 unspecified atom stereocenters. The Morgan fingerprint density at radius 3 is 2.57 bits per heavy atom. The molecule has 0 saturated heterocycles. The largest absolute Gasteiger partial charge is 0.323 e. The van der Waals surface area contributed by atoms with Crippen LogP contribution in [0.5, 0.6) is 0 Å². The molecule has 2 rings (SSSR count). The zero-order valence-electron chi connectivity index (χ0n) is 11.5. The molecule has 0 saturated carbocycles. The van der Waals surface area contributed by atoms with E-state index in [0.717, 1.165) is 5.56 Å². The van der Waals surface area contributed by atoms with Gasteiger partial charge in [0.25, 0.3) is 0 Å². The van der Waals surface area contributed by atoms with E-state index < -0.39 is 5.41 Å². The Bertz CT molecular complexity index is 686. The van der Waals surface area contributed by atoms with Crippen LogP contribution in [0.4, 0.5) is 5.69 Å². The second-order valence-electron chi connectivity index (χ2n) is 5.07. The number of anilines is 1. The summed E-state index contributed by atoms with van der Waals surface area (Å²) >= 11 is 17.9. The molecule has 1 N–H and O–H groups in total. The summed E-state index contributed by atoms with van der Waals surface area (Å²) in [6, 6.07) is 7.18. The zero-order valence-corrected chi connectivity index (χ0v) is 13.7. The van der Waals surface area contributed by atoms with E-state index in [0.29, 0.717) is 10.7 Å². The van der Waals surface area contributed by atoms with Crippen LogP contribution in [0.15, 0.2) is 36.7 Å². The van der Waals surface area contributed by atoms with E-state index in [9.17, 15) is 4.79 Å². The third kappa shape index (κ3) is 3.49. The van der Waals surface area contributed by atoms with E-state index in [2.05, 4.69) is 10.3 Å². The lowest BCUT2D eigenvalue weighted by atomic mass is 9.83. The molecular formula is C15H13Cl3N2O. The molecule has 21 heavy (non-hydrogen) atoms. The van der Waals surface area contributed by atoms with Gasteiger partial charge in [-0.15, -0.1) is 0 Å². The van der Waals surface area contributed by atoms with Crippen LogP contribution in [-0.2, 0) is 10.2 Å². The molecule has 110 valence electrons. The molecule has 0 radical (unpaired) electrons. The minimum absolute atomic E-state index is 0.226. The summed E-state index contributed by atoms with van der Waals surface area (Å²) in [4.78, 5) is 16.4. The summed E-state index contributed by atoms with van der Waals surface area (Å²) in [6.07, 6.45) is 2.88. The zero-order chi connectivity index (χ0) is 15.6. The van der Waals surface area contributed by atoms with Crippen molar-refractivity contribution >= 4 is 46.4 Å². The lowest BCUT2D eigenvalue weighted by Gasteiger charge is -2.24. The van der Waals surface area contributed by atoms with Crippen molar-refractivity contribution in [2.24, 2.45) is 0 Å². The smallest absolute Gasteiger partial charge is 0.234 e. The van der Waals surface area contributed by atoms with Crippen LogP contribution in [0.3, 0.4) is 0 Å². The average Bonchev–Trinajstić information content (AvgIpc) is 2.43.